The number of aromatic nitrogens is 3. The number of H-pyrrole nitrogens is 2. The lowest BCUT2D eigenvalue weighted by Crippen LogP contribution is -2.37. The van der Waals surface area contributed by atoms with Gasteiger partial charge in [-0.05, 0) is 0 Å². The van der Waals surface area contributed by atoms with Gasteiger partial charge in [-0.15, -0.1) is 5.10 Å². The monoisotopic (exact) mass is 227 g/mol. The molecule has 1 aliphatic heterocycles. The lowest BCUT2D eigenvalue weighted by molar-refractivity contribution is 0.111. The van der Waals surface area contributed by atoms with Crippen LogP contribution in [0.3, 0.4) is 0 Å². The van der Waals surface area contributed by atoms with E-state index in [1.54, 1.807) is 7.11 Å². The molecule has 2 unspecified atom stereocenters. The van der Waals surface area contributed by atoms with Crippen molar-refractivity contribution in [1.82, 2.24) is 20.5 Å². The van der Waals surface area contributed by atoms with Crippen LogP contribution in [0.4, 0.5) is 5.82 Å². The lowest BCUT2D eigenvalue weighted by Gasteiger charge is -2.17. The van der Waals surface area contributed by atoms with Crippen molar-refractivity contribution in [2.24, 2.45) is 0 Å². The number of rotatable bonds is 3. The molecule has 0 amide bonds. The Balaban J connectivity index is 2.14. The van der Waals surface area contributed by atoms with Gasteiger partial charge in [-0.1, -0.05) is 0 Å². The molecule has 4 N–H and O–H groups in total. The molecule has 0 spiro atoms. The Hall–Kier alpha value is -1.67. The van der Waals surface area contributed by atoms with E-state index in [1.165, 1.54) is 0 Å². The molecule has 8 nitrogen and oxygen atoms in total. The Labute approximate surface area is 90.4 Å². The summed E-state index contributed by atoms with van der Waals surface area (Å²) in [5, 5.41) is 11.8. The van der Waals surface area contributed by atoms with Crippen LogP contribution < -0.4 is 21.9 Å². The highest BCUT2D eigenvalue weighted by Gasteiger charge is 2.27. The van der Waals surface area contributed by atoms with Crippen LogP contribution in [0.5, 0.6) is 0 Å². The molecule has 2 atom stereocenters. The molecule has 88 valence electrons. The minimum absolute atomic E-state index is 0.0203. The number of aromatic amines is 2. The van der Waals surface area contributed by atoms with Crippen molar-refractivity contribution in [2.75, 3.05) is 25.5 Å². The van der Waals surface area contributed by atoms with E-state index < -0.39 is 11.2 Å². The minimum atomic E-state index is -0.622. The van der Waals surface area contributed by atoms with Crippen LogP contribution in [0.15, 0.2) is 9.59 Å². The van der Waals surface area contributed by atoms with Gasteiger partial charge in [0.25, 0.3) is 5.56 Å². The van der Waals surface area contributed by atoms with Gasteiger partial charge in [0.05, 0.1) is 12.1 Å². The van der Waals surface area contributed by atoms with Gasteiger partial charge < -0.3 is 15.4 Å². The Morgan fingerprint density at radius 2 is 2.25 bits per heavy atom. The zero-order chi connectivity index (χ0) is 11.5. The first-order valence-electron chi connectivity index (χ1n) is 4.90. The van der Waals surface area contributed by atoms with E-state index in [0.717, 1.165) is 6.54 Å². The second-order valence-corrected chi connectivity index (χ2v) is 3.54. The summed E-state index contributed by atoms with van der Waals surface area (Å²) in [6.07, 6.45) is -0.0203. The first-order valence-corrected chi connectivity index (χ1v) is 4.90. The average molecular weight is 227 g/mol. The highest BCUT2D eigenvalue weighted by molar-refractivity contribution is 5.31. The van der Waals surface area contributed by atoms with Crippen molar-refractivity contribution in [3.8, 4) is 0 Å². The first-order chi connectivity index (χ1) is 7.70. The maximum atomic E-state index is 11.4. The van der Waals surface area contributed by atoms with Crippen molar-refractivity contribution in [1.29, 1.82) is 0 Å². The van der Waals surface area contributed by atoms with E-state index >= 15 is 0 Å². The van der Waals surface area contributed by atoms with E-state index in [4.69, 9.17) is 4.74 Å². The SMILES string of the molecule is COC1CNCC1Nc1n[nH]c(=O)[nH]c1=O. The van der Waals surface area contributed by atoms with Gasteiger partial charge in [0, 0.05) is 20.2 Å². The number of hydrogen-bond donors (Lipinski definition) is 4. The van der Waals surface area contributed by atoms with Crippen molar-refractivity contribution >= 4 is 5.82 Å². The maximum absolute atomic E-state index is 11.4. The Kier molecular flexibility index (Phi) is 3.02. The molecule has 0 aromatic carbocycles. The molecule has 0 aliphatic carbocycles. The molecule has 1 aromatic rings. The molecule has 0 radical (unpaired) electrons. The van der Waals surface area contributed by atoms with E-state index in [9.17, 15) is 9.59 Å². The second-order valence-electron chi connectivity index (χ2n) is 3.54. The average Bonchev–Trinajstić information content (AvgIpc) is 2.69. The number of nitrogens with one attached hydrogen (secondary N) is 4. The molecule has 1 aromatic heterocycles. The Morgan fingerprint density at radius 1 is 1.44 bits per heavy atom. The van der Waals surface area contributed by atoms with Gasteiger partial charge in [0.15, 0.2) is 0 Å². The van der Waals surface area contributed by atoms with E-state index in [-0.39, 0.29) is 18.0 Å². The van der Waals surface area contributed by atoms with Crippen LogP contribution in [0, 0.1) is 0 Å². The predicted molar refractivity (Wildman–Crippen MR) is 56.6 cm³/mol. The smallest absolute Gasteiger partial charge is 0.342 e. The van der Waals surface area contributed by atoms with Crippen LogP contribution in [-0.4, -0.2) is 47.5 Å². The van der Waals surface area contributed by atoms with Gasteiger partial charge in [0.2, 0.25) is 5.82 Å². The van der Waals surface area contributed by atoms with Crippen LogP contribution in [-0.2, 0) is 4.74 Å². The van der Waals surface area contributed by atoms with E-state index in [1.807, 2.05) is 0 Å². The van der Waals surface area contributed by atoms with Crippen LogP contribution >= 0.6 is 0 Å². The van der Waals surface area contributed by atoms with Gasteiger partial charge in [-0.2, -0.15) is 0 Å². The molecule has 8 heteroatoms. The molecule has 1 fully saturated rings. The minimum Gasteiger partial charge on any atom is -0.378 e. The zero-order valence-electron chi connectivity index (χ0n) is 8.74. The number of methoxy groups -OCH3 is 1. The number of hydrogen-bond acceptors (Lipinski definition) is 6. The summed E-state index contributed by atoms with van der Waals surface area (Å²) in [5.41, 5.74) is -1.16. The number of nitrogens with zero attached hydrogens (tertiary/aromatic N) is 1. The van der Waals surface area contributed by atoms with Crippen molar-refractivity contribution in [3.63, 3.8) is 0 Å². The quantitative estimate of drug-likeness (QED) is 0.468. The zero-order valence-corrected chi connectivity index (χ0v) is 8.74. The first kappa shape index (κ1) is 10.8. The number of ether oxygens (including phenoxy) is 1. The molecule has 16 heavy (non-hydrogen) atoms. The third kappa shape index (κ3) is 2.12. The molecule has 0 bridgehead atoms. The predicted octanol–water partition coefficient (Wildman–Crippen LogP) is -2.14. The normalized spacial score (nSPS) is 24.6. The van der Waals surface area contributed by atoms with Gasteiger partial charge in [-0.25, -0.2) is 9.89 Å². The molecule has 1 saturated heterocycles. The summed E-state index contributed by atoms with van der Waals surface area (Å²) < 4.78 is 5.22. The van der Waals surface area contributed by atoms with E-state index in [2.05, 4.69) is 25.8 Å². The highest BCUT2D eigenvalue weighted by Crippen LogP contribution is 2.07. The van der Waals surface area contributed by atoms with Crippen LogP contribution in [0.2, 0.25) is 0 Å². The summed E-state index contributed by atoms with van der Waals surface area (Å²) in [7, 11) is 1.61. The van der Waals surface area contributed by atoms with Crippen molar-refractivity contribution in [3.05, 3.63) is 20.8 Å². The Morgan fingerprint density at radius 3 is 2.94 bits per heavy atom. The summed E-state index contributed by atoms with van der Waals surface area (Å²) >= 11 is 0. The fourth-order valence-corrected chi connectivity index (χ4v) is 1.67. The number of anilines is 1. The largest absolute Gasteiger partial charge is 0.378 e. The second kappa shape index (κ2) is 4.45. The summed E-state index contributed by atoms with van der Waals surface area (Å²) in [6.45, 7) is 1.40. The summed E-state index contributed by atoms with van der Waals surface area (Å²) in [5.74, 6) is 0.0929. The fourth-order valence-electron chi connectivity index (χ4n) is 1.67. The molecule has 2 heterocycles. The summed E-state index contributed by atoms with van der Waals surface area (Å²) in [4.78, 5) is 24.2. The third-order valence-corrected chi connectivity index (χ3v) is 2.49. The summed E-state index contributed by atoms with van der Waals surface area (Å²) in [6, 6.07) is -0.0375. The van der Waals surface area contributed by atoms with Crippen LogP contribution in [0.1, 0.15) is 0 Å². The molecule has 1 aliphatic rings. The third-order valence-electron chi connectivity index (χ3n) is 2.49. The highest BCUT2D eigenvalue weighted by atomic mass is 16.5. The molecule has 2 rings (SSSR count). The maximum Gasteiger partial charge on any atom is 0.342 e. The van der Waals surface area contributed by atoms with Gasteiger partial charge >= 0.3 is 5.69 Å². The lowest BCUT2D eigenvalue weighted by atomic mass is 10.2. The van der Waals surface area contributed by atoms with Gasteiger partial charge in [-0.3, -0.25) is 9.78 Å². The van der Waals surface area contributed by atoms with Gasteiger partial charge in [0.1, 0.15) is 0 Å². The molecule has 0 saturated carbocycles. The standard InChI is InChI=1S/C8H13N5O3/c1-16-5-3-9-2-4(5)10-6-7(14)11-8(15)13-12-6/h4-5,9H,2-3H2,1H3,(H,10,12)(H2,11,13,14,15). The Bertz CT molecular complexity index is 467. The van der Waals surface area contributed by atoms with E-state index in [0.29, 0.717) is 6.54 Å². The molecular formula is C8H13N5O3. The van der Waals surface area contributed by atoms with Crippen molar-refractivity contribution in [2.45, 2.75) is 12.1 Å². The topological polar surface area (TPSA) is 112 Å². The fraction of sp³-hybridized carbons (Fsp3) is 0.625. The van der Waals surface area contributed by atoms with Crippen molar-refractivity contribution < 1.29 is 4.74 Å². The molecular weight excluding hydrogens is 214 g/mol. The van der Waals surface area contributed by atoms with Crippen LogP contribution in [0.25, 0.3) is 0 Å².